The summed E-state index contributed by atoms with van der Waals surface area (Å²) in [6.07, 6.45) is 1.58. The van der Waals surface area contributed by atoms with E-state index in [2.05, 4.69) is 4.72 Å². The smallest absolute Gasteiger partial charge is 0.237 e. The van der Waals surface area contributed by atoms with Crippen molar-refractivity contribution in [1.29, 1.82) is 5.26 Å². The van der Waals surface area contributed by atoms with Gasteiger partial charge in [0.15, 0.2) is 0 Å². The third kappa shape index (κ3) is 3.98. The van der Waals surface area contributed by atoms with Crippen LogP contribution in [-0.4, -0.2) is 44.1 Å². The molecule has 0 aliphatic heterocycles. The van der Waals surface area contributed by atoms with Crippen molar-refractivity contribution in [1.82, 2.24) is 9.62 Å². The summed E-state index contributed by atoms with van der Waals surface area (Å²) in [5.41, 5.74) is 0. The molecule has 0 saturated heterocycles. The summed E-state index contributed by atoms with van der Waals surface area (Å²) in [6, 6.07) is 1.76. The minimum atomic E-state index is -3.32. The number of carbonyl (C=O) groups is 1. The van der Waals surface area contributed by atoms with Gasteiger partial charge in [-0.1, -0.05) is 0 Å². The van der Waals surface area contributed by atoms with Crippen LogP contribution in [0.4, 0.5) is 0 Å². The second-order valence-electron chi connectivity index (χ2n) is 4.28. The fourth-order valence-electron chi connectivity index (χ4n) is 1.30. The van der Waals surface area contributed by atoms with E-state index in [0.29, 0.717) is 12.8 Å². The Kier molecular flexibility index (Phi) is 4.48. The Hall–Kier alpha value is -1.13. The summed E-state index contributed by atoms with van der Waals surface area (Å²) in [4.78, 5) is 13.0. The highest BCUT2D eigenvalue weighted by atomic mass is 32.2. The van der Waals surface area contributed by atoms with E-state index in [1.54, 1.807) is 14.0 Å². The van der Waals surface area contributed by atoms with Gasteiger partial charge in [0.2, 0.25) is 15.9 Å². The number of sulfonamides is 1. The first-order valence-electron chi connectivity index (χ1n) is 5.49. The van der Waals surface area contributed by atoms with Crippen molar-refractivity contribution in [2.24, 2.45) is 0 Å². The highest BCUT2D eigenvalue weighted by Crippen LogP contribution is 2.27. The fraction of sp³-hybridized carbons (Fsp3) is 0.800. The third-order valence-electron chi connectivity index (χ3n) is 2.83. The monoisotopic (exact) mass is 259 g/mol. The molecule has 1 fully saturated rings. The summed E-state index contributed by atoms with van der Waals surface area (Å²) in [5.74, 6) is -0.322. The van der Waals surface area contributed by atoms with Gasteiger partial charge in [-0.15, -0.1) is 0 Å². The molecule has 1 atom stereocenters. The molecule has 0 spiro atoms. The third-order valence-corrected chi connectivity index (χ3v) is 4.72. The molecule has 96 valence electrons. The van der Waals surface area contributed by atoms with Gasteiger partial charge in [-0.05, 0) is 19.8 Å². The molecule has 1 amide bonds. The molecule has 1 saturated carbocycles. The van der Waals surface area contributed by atoms with Crippen molar-refractivity contribution in [2.45, 2.75) is 37.5 Å². The van der Waals surface area contributed by atoms with Gasteiger partial charge < -0.3 is 4.90 Å². The zero-order chi connectivity index (χ0) is 13.1. The van der Waals surface area contributed by atoms with E-state index >= 15 is 0 Å². The molecule has 1 unspecified atom stereocenters. The number of hydrogen-bond donors (Lipinski definition) is 1. The van der Waals surface area contributed by atoms with Crippen LogP contribution in [0.1, 0.15) is 26.2 Å². The van der Waals surface area contributed by atoms with Crippen LogP contribution >= 0.6 is 0 Å². The number of nitrogens with one attached hydrogen (secondary N) is 1. The Morgan fingerprint density at radius 1 is 1.59 bits per heavy atom. The van der Waals surface area contributed by atoms with Crippen molar-refractivity contribution in [3.63, 3.8) is 0 Å². The van der Waals surface area contributed by atoms with E-state index in [1.165, 1.54) is 4.90 Å². The average molecular weight is 259 g/mol. The van der Waals surface area contributed by atoms with Gasteiger partial charge in [-0.25, -0.2) is 13.1 Å². The van der Waals surface area contributed by atoms with Crippen LogP contribution in [0.5, 0.6) is 0 Å². The highest BCUT2D eigenvalue weighted by molar-refractivity contribution is 7.90. The van der Waals surface area contributed by atoms with Crippen LogP contribution in [-0.2, 0) is 14.8 Å². The molecule has 0 bridgehead atoms. The second-order valence-corrected chi connectivity index (χ2v) is 6.33. The Labute approximate surface area is 102 Å². The fourth-order valence-corrected chi connectivity index (χ4v) is 2.62. The van der Waals surface area contributed by atoms with Gasteiger partial charge >= 0.3 is 0 Å². The maximum Gasteiger partial charge on any atom is 0.237 e. The van der Waals surface area contributed by atoms with Crippen LogP contribution in [0, 0.1) is 11.3 Å². The van der Waals surface area contributed by atoms with Gasteiger partial charge in [0.1, 0.15) is 0 Å². The average Bonchev–Trinajstić information content (AvgIpc) is 3.09. The van der Waals surface area contributed by atoms with Gasteiger partial charge in [-0.2, -0.15) is 5.26 Å². The molecule has 17 heavy (non-hydrogen) atoms. The number of hydrogen-bond acceptors (Lipinski definition) is 4. The van der Waals surface area contributed by atoms with Crippen LogP contribution < -0.4 is 4.72 Å². The lowest BCUT2D eigenvalue weighted by molar-refractivity contribution is -0.130. The number of nitriles is 1. The van der Waals surface area contributed by atoms with Gasteiger partial charge in [0.05, 0.1) is 24.3 Å². The normalized spacial score (nSPS) is 17.2. The Bertz CT molecular complexity index is 423. The second kappa shape index (κ2) is 5.47. The summed E-state index contributed by atoms with van der Waals surface area (Å²) < 4.78 is 25.3. The van der Waals surface area contributed by atoms with Crippen LogP contribution in [0.15, 0.2) is 0 Å². The molecule has 6 nitrogen and oxygen atoms in total. The molecule has 1 rings (SSSR count). The Balaban J connectivity index is 2.41. The molecule has 0 aromatic heterocycles. The zero-order valence-electron chi connectivity index (χ0n) is 10.0. The van der Waals surface area contributed by atoms with Gasteiger partial charge in [0, 0.05) is 13.1 Å². The molecular formula is C10H17N3O3S. The van der Waals surface area contributed by atoms with E-state index < -0.39 is 10.0 Å². The van der Waals surface area contributed by atoms with Gasteiger partial charge in [0.25, 0.3) is 0 Å². The van der Waals surface area contributed by atoms with Crippen molar-refractivity contribution in [3.8, 4) is 6.07 Å². The predicted molar refractivity (Wildman–Crippen MR) is 62.4 cm³/mol. The van der Waals surface area contributed by atoms with Crippen molar-refractivity contribution < 1.29 is 13.2 Å². The van der Waals surface area contributed by atoms with Crippen LogP contribution in [0.2, 0.25) is 0 Å². The molecule has 0 aromatic carbocycles. The van der Waals surface area contributed by atoms with Gasteiger partial charge in [-0.3, -0.25) is 4.79 Å². The predicted octanol–water partition coefficient (Wildman–Crippen LogP) is -0.171. The lowest BCUT2D eigenvalue weighted by Crippen LogP contribution is -2.42. The first kappa shape index (κ1) is 13.9. The summed E-state index contributed by atoms with van der Waals surface area (Å²) in [7, 11) is -1.75. The van der Waals surface area contributed by atoms with Crippen molar-refractivity contribution in [3.05, 3.63) is 0 Å². The van der Waals surface area contributed by atoms with Crippen LogP contribution in [0.3, 0.4) is 0 Å². The number of rotatable bonds is 6. The molecular weight excluding hydrogens is 242 g/mol. The summed E-state index contributed by atoms with van der Waals surface area (Å²) in [5, 5.41) is 8.19. The molecule has 1 aliphatic rings. The van der Waals surface area contributed by atoms with E-state index in [9.17, 15) is 13.2 Å². The molecule has 1 N–H and O–H groups in total. The van der Waals surface area contributed by atoms with E-state index in [4.69, 9.17) is 5.26 Å². The molecule has 0 heterocycles. The van der Waals surface area contributed by atoms with E-state index in [0.717, 1.165) is 0 Å². The molecule has 0 aromatic rings. The SMILES string of the molecule is CC(CC#N)N(C)C(=O)CNS(=O)(=O)C1CC1. The first-order chi connectivity index (χ1) is 7.88. The lowest BCUT2D eigenvalue weighted by Gasteiger charge is -2.23. The maximum absolute atomic E-state index is 11.6. The minimum Gasteiger partial charge on any atom is -0.341 e. The number of carbonyl (C=O) groups excluding carboxylic acids is 1. The van der Waals surface area contributed by atoms with Crippen molar-refractivity contribution in [2.75, 3.05) is 13.6 Å². The molecule has 7 heteroatoms. The molecule has 1 aliphatic carbocycles. The van der Waals surface area contributed by atoms with Crippen molar-refractivity contribution >= 4 is 15.9 Å². The quantitative estimate of drug-likeness (QED) is 0.717. The zero-order valence-corrected chi connectivity index (χ0v) is 10.8. The number of amides is 1. The summed E-state index contributed by atoms with van der Waals surface area (Å²) >= 11 is 0. The number of nitrogens with zero attached hydrogens (tertiary/aromatic N) is 2. The Morgan fingerprint density at radius 2 is 2.18 bits per heavy atom. The Morgan fingerprint density at radius 3 is 2.65 bits per heavy atom. The maximum atomic E-state index is 11.6. The van der Waals surface area contributed by atoms with E-state index in [1.807, 2.05) is 6.07 Å². The highest BCUT2D eigenvalue weighted by Gasteiger charge is 2.35. The largest absolute Gasteiger partial charge is 0.341 e. The molecule has 0 radical (unpaired) electrons. The number of likely N-dealkylation sites (N-methyl/N-ethyl adjacent to an activating group) is 1. The minimum absolute atomic E-state index is 0.210. The summed E-state index contributed by atoms with van der Waals surface area (Å²) in [6.45, 7) is 1.52. The van der Waals surface area contributed by atoms with E-state index in [-0.39, 0.29) is 30.2 Å². The van der Waals surface area contributed by atoms with Crippen LogP contribution in [0.25, 0.3) is 0 Å². The standard InChI is InChI=1S/C10H17N3O3S/c1-8(5-6-11)13(2)10(14)7-12-17(15,16)9-3-4-9/h8-9,12H,3-5,7H2,1-2H3. The first-order valence-corrected chi connectivity index (χ1v) is 7.04. The topological polar surface area (TPSA) is 90.3 Å². The lowest BCUT2D eigenvalue weighted by atomic mass is 10.2.